The molecule has 3 rings (SSSR count). The first kappa shape index (κ1) is 11.5. The van der Waals surface area contributed by atoms with Crippen molar-refractivity contribution in [3.8, 4) is 0 Å². The van der Waals surface area contributed by atoms with Crippen LogP contribution < -0.4 is 10.2 Å². The lowest BCUT2D eigenvalue weighted by molar-refractivity contribution is 0.418. The third-order valence-electron chi connectivity index (χ3n) is 3.84. The van der Waals surface area contributed by atoms with E-state index in [-0.39, 0.29) is 0 Å². The van der Waals surface area contributed by atoms with Crippen LogP contribution >= 0.6 is 15.9 Å². The number of benzene rings is 1. The van der Waals surface area contributed by atoms with E-state index in [1.54, 1.807) is 0 Å². The monoisotopic (exact) mass is 294 g/mol. The molecule has 1 heterocycles. The number of aryl methyl sites for hydroxylation is 1. The highest BCUT2D eigenvalue weighted by atomic mass is 79.9. The van der Waals surface area contributed by atoms with Crippen molar-refractivity contribution in [2.24, 2.45) is 5.92 Å². The van der Waals surface area contributed by atoms with Crippen LogP contribution in [0.15, 0.2) is 22.7 Å². The molecule has 3 heteroatoms. The van der Waals surface area contributed by atoms with E-state index >= 15 is 0 Å². The number of nitrogens with one attached hydrogen (secondary N) is 1. The fourth-order valence-corrected chi connectivity index (χ4v) is 3.42. The lowest BCUT2D eigenvalue weighted by Crippen LogP contribution is -2.51. The summed E-state index contributed by atoms with van der Waals surface area (Å²) >= 11 is 3.69. The fraction of sp³-hybridized carbons (Fsp3) is 0.571. The Morgan fingerprint density at radius 1 is 1.35 bits per heavy atom. The van der Waals surface area contributed by atoms with Crippen molar-refractivity contribution in [3.05, 3.63) is 28.2 Å². The van der Waals surface area contributed by atoms with Crippen molar-refractivity contribution in [1.82, 2.24) is 5.32 Å². The van der Waals surface area contributed by atoms with E-state index in [0.717, 1.165) is 25.6 Å². The Morgan fingerprint density at radius 2 is 2.18 bits per heavy atom. The number of anilines is 1. The maximum absolute atomic E-state index is 3.69. The molecule has 1 unspecified atom stereocenters. The molecule has 0 aromatic heterocycles. The van der Waals surface area contributed by atoms with Gasteiger partial charge in [0.2, 0.25) is 0 Å². The largest absolute Gasteiger partial charge is 0.368 e. The van der Waals surface area contributed by atoms with Crippen molar-refractivity contribution in [1.29, 1.82) is 0 Å². The minimum absolute atomic E-state index is 0.706. The molecular formula is C14H19BrN2. The van der Waals surface area contributed by atoms with E-state index in [4.69, 9.17) is 0 Å². The normalized spacial score (nSPS) is 25.1. The smallest absolute Gasteiger partial charge is 0.0511 e. The summed E-state index contributed by atoms with van der Waals surface area (Å²) in [5, 5.41) is 3.65. The Bertz CT molecular complexity index is 415. The maximum Gasteiger partial charge on any atom is 0.0511 e. The Balaban J connectivity index is 1.77. The van der Waals surface area contributed by atoms with Gasteiger partial charge in [0.15, 0.2) is 0 Å². The number of hydrogen-bond acceptors (Lipinski definition) is 2. The molecule has 1 N–H and O–H groups in total. The molecule has 2 aliphatic rings. The first-order valence-corrected chi connectivity index (χ1v) is 7.28. The predicted molar refractivity (Wildman–Crippen MR) is 75.6 cm³/mol. The van der Waals surface area contributed by atoms with Crippen molar-refractivity contribution in [3.63, 3.8) is 0 Å². The molecule has 92 valence electrons. The molecule has 1 aromatic rings. The fourth-order valence-electron chi connectivity index (χ4n) is 2.68. The van der Waals surface area contributed by atoms with Crippen LogP contribution in [0.5, 0.6) is 0 Å². The van der Waals surface area contributed by atoms with Crippen LogP contribution in [-0.4, -0.2) is 25.7 Å². The first-order chi connectivity index (χ1) is 8.24. The Labute approximate surface area is 112 Å². The van der Waals surface area contributed by atoms with Gasteiger partial charge in [-0.2, -0.15) is 0 Å². The van der Waals surface area contributed by atoms with Crippen molar-refractivity contribution >= 4 is 21.6 Å². The van der Waals surface area contributed by atoms with Crippen molar-refractivity contribution < 1.29 is 0 Å². The summed E-state index contributed by atoms with van der Waals surface area (Å²) in [4.78, 5) is 2.52. The Kier molecular flexibility index (Phi) is 3.14. The van der Waals surface area contributed by atoms with Crippen LogP contribution in [0.3, 0.4) is 0 Å². The molecule has 0 spiro atoms. The molecule has 2 nitrogen and oxygen atoms in total. The molecule has 1 atom stereocenters. The van der Waals surface area contributed by atoms with Crippen LogP contribution in [0.25, 0.3) is 0 Å². The molecule has 17 heavy (non-hydrogen) atoms. The molecule has 0 bridgehead atoms. The molecule has 0 amide bonds. The minimum atomic E-state index is 0.706. The zero-order valence-electron chi connectivity index (χ0n) is 10.2. The van der Waals surface area contributed by atoms with Crippen LogP contribution in [0.2, 0.25) is 0 Å². The van der Waals surface area contributed by atoms with Crippen LogP contribution in [0.4, 0.5) is 5.69 Å². The topological polar surface area (TPSA) is 15.3 Å². The zero-order chi connectivity index (χ0) is 11.8. The first-order valence-electron chi connectivity index (χ1n) is 6.48. The second-order valence-electron chi connectivity index (χ2n) is 5.30. The standard InChI is InChI=1S/C14H19BrN2/c1-10-2-5-14(12(15)8-10)17-7-6-16-13(9-17)11-3-4-11/h2,5,8,11,13,16H,3-4,6-7,9H2,1H3. The summed E-state index contributed by atoms with van der Waals surface area (Å²) in [5.74, 6) is 0.932. The van der Waals surface area contributed by atoms with Gasteiger partial charge in [0.05, 0.1) is 5.69 Å². The van der Waals surface area contributed by atoms with Gasteiger partial charge in [-0.1, -0.05) is 6.07 Å². The van der Waals surface area contributed by atoms with Crippen LogP contribution in [0, 0.1) is 12.8 Å². The van der Waals surface area contributed by atoms with E-state index in [2.05, 4.69) is 51.3 Å². The number of piperazine rings is 1. The molecule has 2 fully saturated rings. The maximum atomic E-state index is 3.69. The van der Waals surface area contributed by atoms with Gasteiger partial charge in [-0.15, -0.1) is 0 Å². The third kappa shape index (κ3) is 2.50. The van der Waals surface area contributed by atoms with Gasteiger partial charge in [0.25, 0.3) is 0 Å². The zero-order valence-corrected chi connectivity index (χ0v) is 11.8. The van der Waals surface area contributed by atoms with Gasteiger partial charge < -0.3 is 10.2 Å². The van der Waals surface area contributed by atoms with E-state index < -0.39 is 0 Å². The highest BCUT2D eigenvalue weighted by Crippen LogP contribution is 2.35. The van der Waals surface area contributed by atoms with Gasteiger partial charge in [-0.25, -0.2) is 0 Å². The van der Waals surface area contributed by atoms with Crippen LogP contribution in [-0.2, 0) is 0 Å². The third-order valence-corrected chi connectivity index (χ3v) is 4.48. The highest BCUT2D eigenvalue weighted by molar-refractivity contribution is 9.10. The van der Waals surface area contributed by atoms with Gasteiger partial charge in [0.1, 0.15) is 0 Å². The molecule has 1 aromatic carbocycles. The van der Waals surface area contributed by atoms with Gasteiger partial charge in [-0.3, -0.25) is 0 Å². The summed E-state index contributed by atoms with van der Waals surface area (Å²) < 4.78 is 1.23. The second-order valence-corrected chi connectivity index (χ2v) is 6.15. The van der Waals surface area contributed by atoms with E-state index in [1.165, 1.54) is 28.6 Å². The summed E-state index contributed by atoms with van der Waals surface area (Å²) in [5.41, 5.74) is 2.66. The van der Waals surface area contributed by atoms with Crippen molar-refractivity contribution in [2.45, 2.75) is 25.8 Å². The molecular weight excluding hydrogens is 276 g/mol. The van der Waals surface area contributed by atoms with Gasteiger partial charge in [0, 0.05) is 30.1 Å². The summed E-state index contributed by atoms with van der Waals surface area (Å²) in [6, 6.07) is 7.36. The van der Waals surface area contributed by atoms with E-state index in [0.29, 0.717) is 6.04 Å². The molecule has 1 aliphatic heterocycles. The van der Waals surface area contributed by atoms with Crippen LogP contribution in [0.1, 0.15) is 18.4 Å². The number of hydrogen-bond donors (Lipinski definition) is 1. The average Bonchev–Trinajstić information content (AvgIpc) is 3.13. The second kappa shape index (κ2) is 4.62. The van der Waals surface area contributed by atoms with Gasteiger partial charge in [-0.05, 0) is 59.3 Å². The molecule has 0 radical (unpaired) electrons. The molecule has 1 saturated carbocycles. The average molecular weight is 295 g/mol. The van der Waals surface area contributed by atoms with Gasteiger partial charge >= 0.3 is 0 Å². The number of nitrogens with zero attached hydrogens (tertiary/aromatic N) is 1. The minimum Gasteiger partial charge on any atom is -0.368 e. The summed E-state index contributed by atoms with van der Waals surface area (Å²) in [6.45, 7) is 5.53. The Morgan fingerprint density at radius 3 is 2.88 bits per heavy atom. The highest BCUT2D eigenvalue weighted by Gasteiger charge is 2.34. The number of rotatable bonds is 2. The molecule has 1 saturated heterocycles. The summed E-state index contributed by atoms with van der Waals surface area (Å²) in [7, 11) is 0. The summed E-state index contributed by atoms with van der Waals surface area (Å²) in [6.07, 6.45) is 2.83. The Hall–Kier alpha value is -0.540. The lowest BCUT2D eigenvalue weighted by atomic mass is 10.1. The van der Waals surface area contributed by atoms with Crippen molar-refractivity contribution in [2.75, 3.05) is 24.5 Å². The predicted octanol–water partition coefficient (Wildman–Crippen LogP) is 2.95. The SMILES string of the molecule is Cc1ccc(N2CCNC(C3CC3)C2)c(Br)c1. The lowest BCUT2D eigenvalue weighted by Gasteiger charge is -2.36. The molecule has 1 aliphatic carbocycles. The number of halogens is 1. The quantitative estimate of drug-likeness (QED) is 0.902. The van der Waals surface area contributed by atoms with E-state index in [1.807, 2.05) is 0 Å². The van der Waals surface area contributed by atoms with E-state index in [9.17, 15) is 0 Å².